The molecular formula is C60H98O6. The van der Waals surface area contributed by atoms with Gasteiger partial charge >= 0.3 is 17.9 Å². The maximum Gasteiger partial charge on any atom is 0.310 e. The number of unbranched alkanes of at least 4 members (excludes halogenated alkanes) is 19. The average molecular weight is 915 g/mol. The lowest BCUT2D eigenvalue weighted by molar-refractivity contribution is -0.166. The van der Waals surface area contributed by atoms with Crippen LogP contribution < -0.4 is 0 Å². The SMILES string of the molecule is CC/C=C\C/C=C\C/C=C\C/C=C\C/C=C\CC(=O)OC(COC(=O)CCCCCCCCCC/C=C\C/C=C\C/C=C\C/C=C\CC)COC(=O)CCCCCCCCCCCCCC. The number of rotatable bonds is 47. The van der Waals surface area contributed by atoms with E-state index in [0.717, 1.165) is 103 Å². The summed E-state index contributed by atoms with van der Waals surface area (Å²) in [6.45, 7) is 6.31. The zero-order valence-electron chi connectivity index (χ0n) is 42.7. The van der Waals surface area contributed by atoms with Crippen molar-refractivity contribution in [3.05, 3.63) is 109 Å². The van der Waals surface area contributed by atoms with Gasteiger partial charge in [0.25, 0.3) is 0 Å². The van der Waals surface area contributed by atoms with Crippen molar-refractivity contribution in [2.45, 2.75) is 239 Å². The van der Waals surface area contributed by atoms with E-state index < -0.39 is 12.1 Å². The Morgan fingerprint density at radius 3 is 1.00 bits per heavy atom. The fourth-order valence-electron chi connectivity index (χ4n) is 7.10. The van der Waals surface area contributed by atoms with Crippen molar-refractivity contribution in [2.75, 3.05) is 13.2 Å². The molecule has 0 fully saturated rings. The van der Waals surface area contributed by atoms with Crippen LogP contribution in [-0.2, 0) is 28.6 Å². The van der Waals surface area contributed by atoms with E-state index in [1.54, 1.807) is 6.08 Å². The molecule has 0 aliphatic carbocycles. The molecule has 0 aromatic rings. The second kappa shape index (κ2) is 53.7. The van der Waals surface area contributed by atoms with E-state index in [9.17, 15) is 14.4 Å². The molecule has 0 aromatic heterocycles. The van der Waals surface area contributed by atoms with Crippen LogP contribution in [0.1, 0.15) is 233 Å². The third-order valence-corrected chi connectivity index (χ3v) is 11.1. The van der Waals surface area contributed by atoms with E-state index in [0.29, 0.717) is 12.8 Å². The molecular weight excluding hydrogens is 817 g/mol. The van der Waals surface area contributed by atoms with Crippen molar-refractivity contribution in [1.29, 1.82) is 0 Å². The van der Waals surface area contributed by atoms with Crippen molar-refractivity contribution < 1.29 is 28.6 Å². The minimum absolute atomic E-state index is 0.0933. The zero-order chi connectivity index (χ0) is 47.9. The first-order valence-electron chi connectivity index (χ1n) is 26.9. The molecule has 0 aliphatic heterocycles. The van der Waals surface area contributed by atoms with Gasteiger partial charge in [0, 0.05) is 12.8 Å². The molecule has 0 N–H and O–H groups in total. The molecule has 0 aliphatic rings. The predicted octanol–water partition coefficient (Wildman–Crippen LogP) is 17.9. The third-order valence-electron chi connectivity index (χ3n) is 11.1. The lowest BCUT2D eigenvalue weighted by atomic mass is 10.0. The van der Waals surface area contributed by atoms with Crippen LogP contribution in [0.2, 0.25) is 0 Å². The minimum Gasteiger partial charge on any atom is -0.462 e. The molecule has 0 rings (SSSR count). The Bertz CT molecular complexity index is 1370. The molecule has 0 radical (unpaired) electrons. The fraction of sp³-hybridized carbons (Fsp3) is 0.650. The summed E-state index contributed by atoms with van der Waals surface area (Å²) < 4.78 is 16.7. The second-order valence-electron chi connectivity index (χ2n) is 17.4. The summed E-state index contributed by atoms with van der Waals surface area (Å²) in [6, 6.07) is 0. The number of allylic oxidation sites excluding steroid dienone is 17. The first-order valence-corrected chi connectivity index (χ1v) is 26.9. The van der Waals surface area contributed by atoms with E-state index in [4.69, 9.17) is 14.2 Å². The maximum atomic E-state index is 12.7. The summed E-state index contributed by atoms with van der Waals surface area (Å²) in [7, 11) is 0. The smallest absolute Gasteiger partial charge is 0.310 e. The third kappa shape index (κ3) is 51.1. The van der Waals surface area contributed by atoms with E-state index in [-0.39, 0.29) is 31.6 Å². The first kappa shape index (κ1) is 62.1. The quantitative estimate of drug-likeness (QED) is 0.0262. The minimum atomic E-state index is -0.835. The largest absolute Gasteiger partial charge is 0.462 e. The van der Waals surface area contributed by atoms with Gasteiger partial charge in [0.2, 0.25) is 0 Å². The normalized spacial score (nSPS) is 13.0. The highest BCUT2D eigenvalue weighted by Crippen LogP contribution is 2.14. The summed E-state index contributed by atoms with van der Waals surface area (Å²) in [5, 5.41) is 0. The molecule has 0 saturated heterocycles. The summed E-state index contributed by atoms with van der Waals surface area (Å²) >= 11 is 0. The average Bonchev–Trinajstić information content (AvgIpc) is 3.31. The van der Waals surface area contributed by atoms with Gasteiger partial charge in [0.1, 0.15) is 13.2 Å². The Morgan fingerprint density at radius 2 is 0.636 bits per heavy atom. The Kier molecular flexibility index (Phi) is 50.5. The Morgan fingerprint density at radius 1 is 0.333 bits per heavy atom. The molecule has 66 heavy (non-hydrogen) atoms. The molecule has 0 amide bonds. The molecule has 6 heteroatoms. The van der Waals surface area contributed by atoms with Crippen molar-refractivity contribution in [3.63, 3.8) is 0 Å². The van der Waals surface area contributed by atoms with Crippen LogP contribution in [-0.4, -0.2) is 37.2 Å². The number of hydrogen-bond acceptors (Lipinski definition) is 6. The van der Waals surface area contributed by atoms with Gasteiger partial charge in [-0.2, -0.15) is 0 Å². The molecule has 1 atom stereocenters. The predicted molar refractivity (Wildman–Crippen MR) is 283 cm³/mol. The Labute approximate surface area is 406 Å². The molecule has 1 unspecified atom stereocenters. The molecule has 0 saturated carbocycles. The highest BCUT2D eigenvalue weighted by atomic mass is 16.6. The van der Waals surface area contributed by atoms with Gasteiger partial charge in [-0.15, -0.1) is 0 Å². The number of hydrogen-bond donors (Lipinski definition) is 0. The molecule has 374 valence electrons. The highest BCUT2D eigenvalue weighted by Gasteiger charge is 2.19. The van der Waals surface area contributed by atoms with Crippen LogP contribution in [0.25, 0.3) is 0 Å². The van der Waals surface area contributed by atoms with Crippen LogP contribution in [0.3, 0.4) is 0 Å². The topological polar surface area (TPSA) is 78.9 Å². The van der Waals surface area contributed by atoms with Crippen LogP contribution >= 0.6 is 0 Å². The van der Waals surface area contributed by atoms with E-state index in [1.165, 1.54) is 89.9 Å². The summed E-state index contributed by atoms with van der Waals surface area (Å²) in [5.74, 6) is -1.06. The van der Waals surface area contributed by atoms with Crippen molar-refractivity contribution in [3.8, 4) is 0 Å². The summed E-state index contributed by atoms with van der Waals surface area (Å²) in [4.78, 5) is 38.0. The number of ether oxygens (including phenoxy) is 3. The summed E-state index contributed by atoms with van der Waals surface area (Å²) in [5.41, 5.74) is 0. The van der Waals surface area contributed by atoms with Gasteiger partial charge in [-0.05, 0) is 83.5 Å². The van der Waals surface area contributed by atoms with Crippen LogP contribution in [0, 0.1) is 0 Å². The second-order valence-corrected chi connectivity index (χ2v) is 17.4. The number of esters is 3. The van der Waals surface area contributed by atoms with E-state index in [2.05, 4.69) is 118 Å². The molecule has 0 bridgehead atoms. The molecule has 0 spiro atoms. The van der Waals surface area contributed by atoms with Crippen molar-refractivity contribution >= 4 is 17.9 Å². The van der Waals surface area contributed by atoms with Gasteiger partial charge in [-0.25, -0.2) is 0 Å². The van der Waals surface area contributed by atoms with Gasteiger partial charge in [-0.3, -0.25) is 14.4 Å². The maximum absolute atomic E-state index is 12.7. The molecule has 0 aromatic carbocycles. The first-order chi connectivity index (χ1) is 32.5. The van der Waals surface area contributed by atoms with Crippen LogP contribution in [0.5, 0.6) is 0 Å². The number of carbonyl (C=O) groups is 3. The van der Waals surface area contributed by atoms with Crippen molar-refractivity contribution in [2.24, 2.45) is 0 Å². The Hall–Kier alpha value is -3.93. The standard InChI is InChI=1S/C60H98O6/c1-4-7-10-13-16-19-22-25-27-28-29-30-31-32-34-35-38-41-44-47-50-53-59(62)65-56-57(55-64-58(61)52-49-46-43-40-37-24-21-18-15-12-9-6-3)66-60(63)54-51-48-45-42-39-36-33-26-23-20-17-14-11-8-5-2/h7-8,10-11,16-17,19-20,25-27,29-30,33,39,42,48,51,57H,4-6,9,12-15,18,21-24,28,31-32,34-38,40-41,43-47,49-50,52-56H2,1-3H3/b10-7-,11-8-,19-16-,20-17-,27-25-,30-29-,33-26-,42-39-,51-48-. The van der Waals surface area contributed by atoms with Gasteiger partial charge < -0.3 is 14.2 Å². The van der Waals surface area contributed by atoms with Gasteiger partial charge in [0.15, 0.2) is 6.10 Å². The lowest BCUT2D eigenvalue weighted by Crippen LogP contribution is -2.30. The monoisotopic (exact) mass is 915 g/mol. The molecule has 0 heterocycles. The van der Waals surface area contributed by atoms with Gasteiger partial charge in [0.05, 0.1) is 6.42 Å². The molecule has 6 nitrogen and oxygen atoms in total. The van der Waals surface area contributed by atoms with Crippen molar-refractivity contribution in [1.82, 2.24) is 0 Å². The number of carbonyl (C=O) groups excluding carboxylic acids is 3. The fourth-order valence-corrected chi connectivity index (χ4v) is 7.10. The van der Waals surface area contributed by atoms with Crippen LogP contribution in [0.4, 0.5) is 0 Å². The van der Waals surface area contributed by atoms with E-state index >= 15 is 0 Å². The Balaban J connectivity index is 4.46. The highest BCUT2D eigenvalue weighted by molar-refractivity contribution is 5.72. The van der Waals surface area contributed by atoms with Gasteiger partial charge in [-0.1, -0.05) is 239 Å². The lowest BCUT2D eigenvalue weighted by Gasteiger charge is -2.18. The van der Waals surface area contributed by atoms with E-state index in [1.807, 2.05) is 6.08 Å². The van der Waals surface area contributed by atoms with Crippen LogP contribution in [0.15, 0.2) is 109 Å². The summed E-state index contributed by atoms with van der Waals surface area (Å²) in [6.07, 6.45) is 72.4. The zero-order valence-corrected chi connectivity index (χ0v) is 42.7.